The van der Waals surface area contributed by atoms with Crippen LogP contribution in [0.2, 0.25) is 0 Å². The summed E-state index contributed by atoms with van der Waals surface area (Å²) >= 11 is 0. The standard InChI is InChI=1S/C42H58N6O/c1-9-28(5)34-25-37(43-21-23-47(7)8)38(44-39(49)12-4)26-36(34)45-42(29(6)10-2)46-40(31(11-3)24-30-16-13-17-30)35-27-48-22-15-19-32-18-14-20-33(35)41(32)48/h11-12,14,18,20,25-28,30,43,45H,4,9-10,13,15-17,19,21-24H2,1-3,5-8H3,(H,44,49)/b31-11-,42-29+,46-40-. The van der Waals surface area contributed by atoms with E-state index in [0.29, 0.717) is 5.92 Å². The molecule has 49 heavy (non-hydrogen) atoms. The molecule has 3 aromatic rings. The first kappa shape index (κ1) is 36.2. The lowest BCUT2D eigenvalue weighted by atomic mass is 9.79. The second-order valence-electron chi connectivity index (χ2n) is 14.3. The van der Waals surface area contributed by atoms with E-state index in [1.807, 2.05) is 0 Å². The smallest absolute Gasteiger partial charge is 0.247 e. The Labute approximate surface area is 294 Å². The fraction of sp³-hybridized carbons (Fsp3) is 0.476. The molecule has 2 heterocycles. The highest BCUT2D eigenvalue weighted by Crippen LogP contribution is 2.39. The van der Waals surface area contributed by atoms with Crippen molar-refractivity contribution in [2.24, 2.45) is 10.9 Å². The van der Waals surface area contributed by atoms with E-state index in [2.05, 4.69) is 123 Å². The van der Waals surface area contributed by atoms with Crippen LogP contribution >= 0.6 is 0 Å². The predicted molar refractivity (Wildman–Crippen MR) is 210 cm³/mol. The molecule has 0 radical (unpaired) electrons. The van der Waals surface area contributed by atoms with Crippen molar-refractivity contribution < 1.29 is 4.79 Å². The lowest BCUT2D eigenvalue weighted by molar-refractivity contribution is -0.111. The molecule has 1 amide bonds. The molecule has 7 nitrogen and oxygen atoms in total. The number of benzene rings is 2. The van der Waals surface area contributed by atoms with Crippen LogP contribution in [0.4, 0.5) is 17.1 Å². The number of carbonyl (C=O) groups is 1. The number of aliphatic imine (C=N–C) groups is 1. The topological polar surface area (TPSA) is 73.7 Å². The summed E-state index contributed by atoms with van der Waals surface area (Å²) in [6, 6.07) is 11.1. The lowest BCUT2D eigenvalue weighted by Crippen LogP contribution is -2.22. The minimum Gasteiger partial charge on any atom is -0.382 e. The number of aromatic nitrogens is 1. The molecule has 0 bridgehead atoms. The van der Waals surface area contributed by atoms with Crippen LogP contribution in [0, 0.1) is 5.92 Å². The Morgan fingerprint density at radius 1 is 1.12 bits per heavy atom. The minimum atomic E-state index is -0.236. The second-order valence-corrected chi connectivity index (χ2v) is 14.3. The number of nitrogens with one attached hydrogen (secondary N) is 3. The number of likely N-dealkylation sites (N-methyl/N-ethyl adjacent to an activating group) is 1. The van der Waals surface area contributed by atoms with Crippen molar-refractivity contribution in [3.8, 4) is 0 Å². The van der Waals surface area contributed by atoms with Crippen LogP contribution in [0.15, 0.2) is 77.2 Å². The van der Waals surface area contributed by atoms with E-state index in [-0.39, 0.29) is 11.8 Å². The molecule has 1 atom stereocenters. The normalized spacial score (nSPS) is 16.3. The van der Waals surface area contributed by atoms with Crippen molar-refractivity contribution in [1.82, 2.24) is 9.47 Å². The molecule has 2 aromatic carbocycles. The fourth-order valence-corrected chi connectivity index (χ4v) is 6.95. The maximum atomic E-state index is 12.6. The number of hydrogen-bond donors (Lipinski definition) is 3. The third-order valence-electron chi connectivity index (χ3n) is 10.5. The van der Waals surface area contributed by atoms with Gasteiger partial charge in [0.25, 0.3) is 0 Å². The van der Waals surface area contributed by atoms with Crippen molar-refractivity contribution in [2.45, 2.75) is 98.4 Å². The van der Waals surface area contributed by atoms with Gasteiger partial charge in [-0.3, -0.25) is 4.79 Å². The molecule has 5 rings (SSSR count). The zero-order chi connectivity index (χ0) is 35.1. The maximum Gasteiger partial charge on any atom is 0.247 e. The summed E-state index contributed by atoms with van der Waals surface area (Å²) in [6.45, 7) is 17.4. The van der Waals surface area contributed by atoms with Gasteiger partial charge in [-0.25, -0.2) is 4.99 Å². The summed E-state index contributed by atoms with van der Waals surface area (Å²) < 4.78 is 2.46. The monoisotopic (exact) mass is 662 g/mol. The summed E-state index contributed by atoms with van der Waals surface area (Å²) in [7, 11) is 4.13. The first-order valence-electron chi connectivity index (χ1n) is 18.5. The molecule has 1 fully saturated rings. The highest BCUT2D eigenvalue weighted by molar-refractivity contribution is 6.20. The number of anilines is 3. The van der Waals surface area contributed by atoms with E-state index < -0.39 is 0 Å². The maximum absolute atomic E-state index is 12.6. The number of para-hydroxylation sites is 1. The average Bonchev–Trinajstić information content (AvgIpc) is 3.46. The van der Waals surface area contributed by atoms with Crippen LogP contribution in [0.25, 0.3) is 10.9 Å². The van der Waals surface area contributed by atoms with Crippen LogP contribution in [0.1, 0.15) is 102 Å². The Morgan fingerprint density at radius 3 is 2.57 bits per heavy atom. The van der Waals surface area contributed by atoms with E-state index in [4.69, 9.17) is 4.99 Å². The molecule has 262 valence electrons. The summed E-state index contributed by atoms with van der Waals surface area (Å²) in [5.41, 5.74) is 11.4. The van der Waals surface area contributed by atoms with E-state index in [9.17, 15) is 4.79 Å². The van der Waals surface area contributed by atoms with Crippen LogP contribution in [0.5, 0.6) is 0 Å². The molecule has 1 unspecified atom stereocenters. The highest BCUT2D eigenvalue weighted by Gasteiger charge is 2.26. The average molecular weight is 663 g/mol. The largest absolute Gasteiger partial charge is 0.382 e. The quantitative estimate of drug-likeness (QED) is 0.105. The van der Waals surface area contributed by atoms with Gasteiger partial charge in [-0.05, 0) is 112 Å². The molecule has 1 aliphatic heterocycles. The van der Waals surface area contributed by atoms with Crippen LogP contribution in [-0.2, 0) is 17.8 Å². The Balaban J connectivity index is 1.66. The summed E-state index contributed by atoms with van der Waals surface area (Å²) in [5, 5.41) is 11.8. The van der Waals surface area contributed by atoms with Crippen LogP contribution < -0.4 is 16.0 Å². The predicted octanol–water partition coefficient (Wildman–Crippen LogP) is 9.88. The van der Waals surface area contributed by atoms with Crippen molar-refractivity contribution in [3.63, 3.8) is 0 Å². The number of allylic oxidation sites excluding steroid dienone is 3. The molecule has 1 aliphatic carbocycles. The number of aryl methyl sites for hydroxylation is 2. The van der Waals surface area contributed by atoms with Gasteiger partial charge < -0.3 is 25.4 Å². The van der Waals surface area contributed by atoms with E-state index in [0.717, 1.165) is 80.3 Å². The number of amides is 1. The lowest BCUT2D eigenvalue weighted by Gasteiger charge is -2.27. The van der Waals surface area contributed by atoms with E-state index in [1.165, 1.54) is 64.1 Å². The van der Waals surface area contributed by atoms with Gasteiger partial charge in [0.2, 0.25) is 5.91 Å². The van der Waals surface area contributed by atoms with Gasteiger partial charge in [-0.2, -0.15) is 0 Å². The molecule has 3 N–H and O–H groups in total. The third-order valence-corrected chi connectivity index (χ3v) is 10.5. The minimum absolute atomic E-state index is 0.236. The molecule has 2 aliphatic rings. The number of nitrogens with zero attached hydrogens (tertiary/aromatic N) is 3. The molecule has 7 heteroatoms. The third kappa shape index (κ3) is 8.38. The zero-order valence-corrected chi connectivity index (χ0v) is 31.0. The van der Waals surface area contributed by atoms with Crippen molar-refractivity contribution in [3.05, 3.63) is 88.9 Å². The van der Waals surface area contributed by atoms with Gasteiger partial charge in [-0.15, -0.1) is 0 Å². The number of rotatable bonds is 16. The molecule has 1 saturated carbocycles. The van der Waals surface area contributed by atoms with Gasteiger partial charge in [-0.1, -0.05) is 70.9 Å². The molecular weight excluding hydrogens is 605 g/mol. The Bertz CT molecular complexity index is 1750. The van der Waals surface area contributed by atoms with E-state index in [1.54, 1.807) is 0 Å². The Morgan fingerprint density at radius 2 is 1.92 bits per heavy atom. The Hall–Kier alpha value is -4.10. The first-order valence-corrected chi connectivity index (χ1v) is 18.5. The Kier molecular flexibility index (Phi) is 12.2. The van der Waals surface area contributed by atoms with Gasteiger partial charge in [0.05, 0.1) is 22.6 Å². The number of hydrogen-bond acceptors (Lipinski definition) is 5. The second kappa shape index (κ2) is 16.5. The van der Waals surface area contributed by atoms with Gasteiger partial charge in [0, 0.05) is 42.5 Å². The van der Waals surface area contributed by atoms with Crippen molar-refractivity contribution in [1.29, 1.82) is 0 Å². The van der Waals surface area contributed by atoms with Gasteiger partial charge >= 0.3 is 0 Å². The summed E-state index contributed by atoms with van der Waals surface area (Å²) in [5.74, 6) is 1.64. The van der Waals surface area contributed by atoms with Crippen molar-refractivity contribution in [2.75, 3.05) is 43.1 Å². The summed E-state index contributed by atoms with van der Waals surface area (Å²) in [4.78, 5) is 20.4. The van der Waals surface area contributed by atoms with Crippen LogP contribution in [-0.4, -0.2) is 48.3 Å². The molecular formula is C42H58N6O. The van der Waals surface area contributed by atoms with Gasteiger partial charge in [0.15, 0.2) is 0 Å². The molecule has 0 spiro atoms. The molecule has 0 saturated heterocycles. The fourth-order valence-electron chi connectivity index (χ4n) is 6.95. The SMILES string of the molecule is C=CC(=O)Nc1cc(NC(/N=C(/C(=C\C)CC2CCC2)c2cn3c4c(cccc24)CCC3)=C(/C)CC)c(C(C)CC)cc1NCCN(C)C. The zero-order valence-electron chi connectivity index (χ0n) is 31.0. The highest BCUT2D eigenvalue weighted by atomic mass is 16.1. The first-order chi connectivity index (χ1) is 23.7. The van der Waals surface area contributed by atoms with Crippen molar-refractivity contribution >= 4 is 39.6 Å². The van der Waals surface area contributed by atoms with Gasteiger partial charge in [0.1, 0.15) is 5.82 Å². The molecule has 1 aromatic heterocycles. The van der Waals surface area contributed by atoms with Crippen LogP contribution in [0.3, 0.4) is 0 Å². The van der Waals surface area contributed by atoms with E-state index >= 15 is 0 Å². The summed E-state index contributed by atoms with van der Waals surface area (Å²) in [6.07, 6.45) is 15.1. The number of carbonyl (C=O) groups excluding carboxylic acids is 1.